The number of para-hydroxylation sites is 1. The van der Waals surface area contributed by atoms with Crippen molar-refractivity contribution in [2.24, 2.45) is 0 Å². The van der Waals surface area contributed by atoms with E-state index in [1.54, 1.807) is 4.90 Å². The van der Waals surface area contributed by atoms with E-state index in [2.05, 4.69) is 17.4 Å². The summed E-state index contributed by atoms with van der Waals surface area (Å²) >= 11 is 5.95. The maximum Gasteiger partial charge on any atom is 0.282 e. The van der Waals surface area contributed by atoms with Crippen LogP contribution in [-0.2, 0) is 11.3 Å². The molecule has 3 N–H and O–H groups in total. The Morgan fingerprint density at radius 2 is 1.68 bits per heavy atom. The summed E-state index contributed by atoms with van der Waals surface area (Å²) in [5, 5.41) is 3.80. The van der Waals surface area contributed by atoms with E-state index < -0.39 is 0 Å². The van der Waals surface area contributed by atoms with Crippen molar-refractivity contribution >= 4 is 23.2 Å². The third kappa shape index (κ3) is 5.05. The second kappa shape index (κ2) is 8.48. The lowest BCUT2D eigenvalue weighted by Crippen LogP contribution is -3.29. The third-order valence-electron chi connectivity index (χ3n) is 5.01. The largest absolute Gasteiger partial charge is 0.322 e. The molecule has 0 unspecified atom stereocenters. The average Bonchev–Trinajstić information content (AvgIpc) is 2.64. The van der Waals surface area contributed by atoms with Crippen LogP contribution < -0.4 is 15.1 Å². The normalized spacial score (nSPS) is 21.5. The molecular formula is C20H26ClN3O+2. The number of hydrogen-bond acceptors (Lipinski definition) is 1. The average molecular weight is 360 g/mol. The number of nitrogens with one attached hydrogen (secondary N) is 3. The van der Waals surface area contributed by atoms with E-state index in [4.69, 9.17) is 11.6 Å². The molecular weight excluding hydrogens is 334 g/mol. The minimum absolute atomic E-state index is 0.0303. The summed E-state index contributed by atoms with van der Waals surface area (Å²) in [5.41, 5.74) is 2.18. The van der Waals surface area contributed by atoms with E-state index in [-0.39, 0.29) is 11.9 Å². The molecule has 0 aromatic heterocycles. The Balaban J connectivity index is 1.47. The van der Waals surface area contributed by atoms with Gasteiger partial charge in [0.1, 0.15) is 32.7 Å². The molecule has 0 spiro atoms. The van der Waals surface area contributed by atoms with Crippen molar-refractivity contribution < 1.29 is 14.6 Å². The number of amides is 1. The van der Waals surface area contributed by atoms with Crippen molar-refractivity contribution in [3.8, 4) is 0 Å². The van der Waals surface area contributed by atoms with Crippen LogP contribution in [0.15, 0.2) is 54.6 Å². The maximum absolute atomic E-state index is 12.5. The SMILES string of the molecule is C[C@H](C(=O)Nc1ccccc1)[NH+]1CC[NH+](Cc2ccc(Cl)cc2)CC1. The highest BCUT2D eigenvalue weighted by Crippen LogP contribution is 2.08. The van der Waals surface area contributed by atoms with Gasteiger partial charge < -0.3 is 15.1 Å². The van der Waals surface area contributed by atoms with Crippen LogP contribution >= 0.6 is 11.6 Å². The van der Waals surface area contributed by atoms with Gasteiger partial charge in [-0.1, -0.05) is 41.9 Å². The number of benzene rings is 2. The lowest BCUT2D eigenvalue weighted by molar-refractivity contribution is -1.02. The minimum Gasteiger partial charge on any atom is -0.322 e. The predicted octanol–water partition coefficient (Wildman–Crippen LogP) is 0.651. The molecule has 1 amide bonds. The Bertz CT molecular complexity index is 682. The van der Waals surface area contributed by atoms with Crippen molar-refractivity contribution in [2.75, 3.05) is 31.5 Å². The van der Waals surface area contributed by atoms with E-state index in [0.29, 0.717) is 0 Å². The van der Waals surface area contributed by atoms with E-state index in [1.165, 1.54) is 10.5 Å². The molecule has 1 heterocycles. The van der Waals surface area contributed by atoms with Crippen LogP contribution in [-0.4, -0.2) is 38.1 Å². The van der Waals surface area contributed by atoms with Gasteiger partial charge in [-0.15, -0.1) is 0 Å². The van der Waals surface area contributed by atoms with Gasteiger partial charge in [0.25, 0.3) is 5.91 Å². The molecule has 0 radical (unpaired) electrons. The van der Waals surface area contributed by atoms with Crippen LogP contribution in [0.3, 0.4) is 0 Å². The molecule has 1 saturated heterocycles. The van der Waals surface area contributed by atoms with Gasteiger partial charge in [0.15, 0.2) is 6.04 Å². The Kier molecular flexibility index (Phi) is 6.08. The Morgan fingerprint density at radius 3 is 2.32 bits per heavy atom. The van der Waals surface area contributed by atoms with Gasteiger partial charge in [-0.25, -0.2) is 0 Å². The fourth-order valence-corrected chi connectivity index (χ4v) is 3.51. The molecule has 4 nitrogen and oxygen atoms in total. The summed E-state index contributed by atoms with van der Waals surface area (Å²) in [6.07, 6.45) is 0. The Morgan fingerprint density at radius 1 is 1.04 bits per heavy atom. The molecule has 1 aliphatic heterocycles. The predicted molar refractivity (Wildman–Crippen MR) is 101 cm³/mol. The van der Waals surface area contributed by atoms with Gasteiger partial charge in [-0.2, -0.15) is 0 Å². The molecule has 5 heteroatoms. The van der Waals surface area contributed by atoms with Crippen LogP contribution in [0.2, 0.25) is 5.02 Å². The zero-order chi connectivity index (χ0) is 17.6. The first-order valence-corrected chi connectivity index (χ1v) is 9.28. The fourth-order valence-electron chi connectivity index (χ4n) is 3.38. The molecule has 1 atom stereocenters. The summed E-state index contributed by atoms with van der Waals surface area (Å²) in [7, 11) is 0. The quantitative estimate of drug-likeness (QED) is 0.720. The summed E-state index contributed by atoms with van der Waals surface area (Å²) < 4.78 is 0. The number of halogens is 1. The zero-order valence-electron chi connectivity index (χ0n) is 14.6. The summed E-state index contributed by atoms with van der Waals surface area (Å²) in [6, 6.07) is 17.8. The van der Waals surface area contributed by atoms with Crippen molar-refractivity contribution in [1.29, 1.82) is 0 Å². The Hall–Kier alpha value is -1.88. The lowest BCUT2D eigenvalue weighted by Gasteiger charge is -2.32. The van der Waals surface area contributed by atoms with Gasteiger partial charge in [0.2, 0.25) is 0 Å². The van der Waals surface area contributed by atoms with E-state index in [9.17, 15) is 4.79 Å². The molecule has 0 bridgehead atoms. The van der Waals surface area contributed by atoms with Crippen LogP contribution in [0.1, 0.15) is 12.5 Å². The standard InChI is InChI=1S/C20H24ClN3O/c1-16(20(25)22-19-5-3-2-4-6-19)24-13-11-23(12-14-24)15-17-7-9-18(21)10-8-17/h2-10,16H,11-15H2,1H3,(H,22,25)/p+2/t16-/m1/s1. The third-order valence-corrected chi connectivity index (χ3v) is 5.27. The number of carbonyl (C=O) groups is 1. The number of anilines is 1. The topological polar surface area (TPSA) is 38.0 Å². The molecule has 3 rings (SSSR count). The summed E-state index contributed by atoms with van der Waals surface area (Å²) in [4.78, 5) is 15.4. The molecule has 2 aromatic rings. The van der Waals surface area contributed by atoms with Gasteiger partial charge in [0.05, 0.1) is 0 Å². The van der Waals surface area contributed by atoms with Crippen LogP contribution in [0.5, 0.6) is 0 Å². The van der Waals surface area contributed by atoms with Gasteiger partial charge in [-0.05, 0) is 31.2 Å². The van der Waals surface area contributed by atoms with Crippen LogP contribution in [0, 0.1) is 0 Å². The van der Waals surface area contributed by atoms with Gasteiger partial charge in [0, 0.05) is 16.3 Å². The van der Waals surface area contributed by atoms with Gasteiger partial charge in [-0.3, -0.25) is 4.79 Å². The van der Waals surface area contributed by atoms with Gasteiger partial charge >= 0.3 is 0 Å². The van der Waals surface area contributed by atoms with Crippen molar-refractivity contribution in [3.05, 3.63) is 65.2 Å². The highest BCUT2D eigenvalue weighted by molar-refractivity contribution is 6.30. The summed E-state index contributed by atoms with van der Waals surface area (Å²) in [5.74, 6) is 0.0994. The fraction of sp³-hybridized carbons (Fsp3) is 0.350. The number of rotatable bonds is 5. The Labute approximate surface area is 154 Å². The van der Waals surface area contributed by atoms with Crippen molar-refractivity contribution in [1.82, 2.24) is 0 Å². The molecule has 132 valence electrons. The molecule has 25 heavy (non-hydrogen) atoms. The van der Waals surface area contributed by atoms with E-state index in [0.717, 1.165) is 43.4 Å². The molecule has 2 aromatic carbocycles. The first kappa shape index (κ1) is 17.9. The molecule has 1 fully saturated rings. The molecule has 0 saturated carbocycles. The highest BCUT2D eigenvalue weighted by Gasteiger charge is 2.31. The number of piperazine rings is 1. The second-order valence-electron chi connectivity index (χ2n) is 6.79. The lowest BCUT2D eigenvalue weighted by atomic mass is 10.1. The molecule has 0 aliphatic carbocycles. The number of quaternary nitrogens is 2. The summed E-state index contributed by atoms with van der Waals surface area (Å²) in [6.45, 7) is 7.26. The maximum atomic E-state index is 12.5. The highest BCUT2D eigenvalue weighted by atomic mass is 35.5. The molecule has 1 aliphatic rings. The first-order valence-electron chi connectivity index (χ1n) is 8.90. The van der Waals surface area contributed by atoms with E-state index in [1.807, 2.05) is 49.4 Å². The zero-order valence-corrected chi connectivity index (χ0v) is 15.4. The minimum atomic E-state index is -0.0303. The smallest absolute Gasteiger partial charge is 0.282 e. The number of hydrogen-bond donors (Lipinski definition) is 3. The van der Waals surface area contributed by atoms with Crippen LogP contribution in [0.25, 0.3) is 0 Å². The monoisotopic (exact) mass is 359 g/mol. The second-order valence-corrected chi connectivity index (χ2v) is 7.22. The van der Waals surface area contributed by atoms with Crippen molar-refractivity contribution in [3.63, 3.8) is 0 Å². The first-order chi connectivity index (χ1) is 12.1. The van der Waals surface area contributed by atoms with Crippen molar-refractivity contribution in [2.45, 2.75) is 19.5 Å². The number of carbonyl (C=O) groups excluding carboxylic acids is 1. The van der Waals surface area contributed by atoms with Crippen LogP contribution in [0.4, 0.5) is 5.69 Å². The van der Waals surface area contributed by atoms with E-state index >= 15 is 0 Å².